The van der Waals surface area contributed by atoms with Crippen LogP contribution in [0.2, 0.25) is 5.02 Å². The quantitative estimate of drug-likeness (QED) is 0.509. The number of rotatable bonds is 2. The largest absolute Gasteiger partial charge is 0.263 e. The Morgan fingerprint density at radius 3 is 2.64 bits per heavy atom. The zero-order chi connectivity index (χ0) is 15.1. The molecular weight excluding hydrogens is 386 g/mol. The number of benzene rings is 1. The second-order valence-electron chi connectivity index (χ2n) is 4.52. The molecule has 5 nitrogen and oxygen atoms in total. The Morgan fingerprint density at radius 2 is 1.86 bits per heavy atom. The molecule has 0 unspecified atom stereocenters. The highest BCUT2D eigenvalue weighted by molar-refractivity contribution is 9.10. The van der Waals surface area contributed by atoms with Gasteiger partial charge in [-0.1, -0.05) is 35.1 Å². The first-order chi connectivity index (χ1) is 10.7. The third kappa shape index (κ3) is 2.41. The van der Waals surface area contributed by atoms with Gasteiger partial charge in [0, 0.05) is 33.0 Å². The van der Waals surface area contributed by atoms with Crippen LogP contribution in [0.1, 0.15) is 0 Å². The molecule has 0 bridgehead atoms. The van der Waals surface area contributed by atoms with Gasteiger partial charge in [-0.3, -0.25) is 4.98 Å². The van der Waals surface area contributed by atoms with Crippen LogP contribution in [-0.4, -0.2) is 24.8 Å². The van der Waals surface area contributed by atoms with Crippen molar-refractivity contribution in [2.75, 3.05) is 0 Å². The summed E-state index contributed by atoms with van der Waals surface area (Å²) in [6.07, 6.45) is 3.46. The fourth-order valence-corrected chi connectivity index (χ4v) is 3.38. The van der Waals surface area contributed by atoms with Crippen LogP contribution in [0, 0.1) is 0 Å². The van der Waals surface area contributed by atoms with Crippen molar-refractivity contribution in [2.24, 2.45) is 0 Å². The predicted octanol–water partition coefficient (Wildman–Crippen LogP) is 4.33. The molecule has 0 aliphatic rings. The smallest absolute Gasteiger partial charge is 0.235 e. The Kier molecular flexibility index (Phi) is 3.40. The topological polar surface area (TPSA) is 56.0 Å². The number of pyridine rings is 1. The van der Waals surface area contributed by atoms with Gasteiger partial charge in [-0.05, 0) is 34.1 Å². The molecule has 0 fully saturated rings. The lowest BCUT2D eigenvalue weighted by atomic mass is 10.2. The number of nitrogens with zero attached hydrogens (tertiary/aromatic N) is 5. The Hall–Kier alpha value is -1.83. The van der Waals surface area contributed by atoms with Gasteiger partial charge in [-0.25, -0.2) is 0 Å². The van der Waals surface area contributed by atoms with Gasteiger partial charge < -0.3 is 0 Å². The maximum atomic E-state index is 5.92. The van der Waals surface area contributed by atoms with E-state index in [-0.39, 0.29) is 0 Å². The lowest BCUT2D eigenvalue weighted by Gasteiger charge is -1.97. The third-order valence-corrected chi connectivity index (χ3v) is 4.68. The molecule has 1 aromatic carbocycles. The van der Waals surface area contributed by atoms with E-state index in [4.69, 9.17) is 11.6 Å². The Balaban J connectivity index is 1.84. The summed E-state index contributed by atoms with van der Waals surface area (Å²) in [6, 6.07) is 9.50. The van der Waals surface area contributed by atoms with Crippen molar-refractivity contribution in [1.82, 2.24) is 24.8 Å². The number of hydrogen-bond donors (Lipinski definition) is 0. The highest BCUT2D eigenvalue weighted by atomic mass is 79.9. The molecule has 0 spiro atoms. The van der Waals surface area contributed by atoms with E-state index in [2.05, 4.69) is 36.2 Å². The lowest BCUT2D eigenvalue weighted by molar-refractivity contribution is 0.968. The molecule has 0 saturated carbocycles. The van der Waals surface area contributed by atoms with E-state index in [9.17, 15) is 0 Å². The zero-order valence-corrected chi connectivity index (χ0v) is 14.1. The SMILES string of the molecule is Clc1ccc(-c2nn3c(-c4cncc(Br)c4)nnc3s2)cc1. The number of hydrogen-bond acceptors (Lipinski definition) is 5. The van der Waals surface area contributed by atoms with E-state index >= 15 is 0 Å². The summed E-state index contributed by atoms with van der Waals surface area (Å²) in [5, 5.41) is 14.6. The van der Waals surface area contributed by atoms with E-state index in [0.29, 0.717) is 10.8 Å². The van der Waals surface area contributed by atoms with E-state index in [1.54, 1.807) is 16.9 Å². The lowest BCUT2D eigenvalue weighted by Crippen LogP contribution is -1.91. The van der Waals surface area contributed by atoms with E-state index in [1.807, 2.05) is 30.3 Å². The van der Waals surface area contributed by atoms with Crippen molar-refractivity contribution in [3.63, 3.8) is 0 Å². The number of fused-ring (bicyclic) bond motifs is 1. The minimum atomic E-state index is 0.667. The molecule has 108 valence electrons. The first-order valence-corrected chi connectivity index (χ1v) is 8.28. The van der Waals surface area contributed by atoms with Gasteiger partial charge in [-0.15, -0.1) is 10.2 Å². The van der Waals surface area contributed by atoms with E-state index in [0.717, 1.165) is 25.6 Å². The van der Waals surface area contributed by atoms with Crippen LogP contribution in [0.4, 0.5) is 0 Å². The van der Waals surface area contributed by atoms with Crippen LogP contribution < -0.4 is 0 Å². The fourth-order valence-electron chi connectivity index (χ4n) is 2.04. The average Bonchev–Trinajstić information content (AvgIpc) is 3.08. The maximum absolute atomic E-state index is 5.92. The highest BCUT2D eigenvalue weighted by Gasteiger charge is 2.14. The van der Waals surface area contributed by atoms with Crippen molar-refractivity contribution in [3.05, 3.63) is 52.2 Å². The van der Waals surface area contributed by atoms with Gasteiger partial charge in [0.15, 0.2) is 5.82 Å². The summed E-state index contributed by atoms with van der Waals surface area (Å²) in [4.78, 5) is 4.89. The average molecular weight is 393 g/mol. The molecule has 3 heterocycles. The van der Waals surface area contributed by atoms with Crippen LogP contribution in [0.5, 0.6) is 0 Å². The van der Waals surface area contributed by atoms with Crippen molar-refractivity contribution in [3.8, 4) is 22.0 Å². The van der Waals surface area contributed by atoms with Crippen LogP contribution in [-0.2, 0) is 0 Å². The Morgan fingerprint density at radius 1 is 1.05 bits per heavy atom. The van der Waals surface area contributed by atoms with Crippen molar-refractivity contribution < 1.29 is 0 Å². The van der Waals surface area contributed by atoms with Gasteiger partial charge in [0.25, 0.3) is 0 Å². The van der Waals surface area contributed by atoms with Gasteiger partial charge in [0.1, 0.15) is 5.01 Å². The third-order valence-electron chi connectivity index (χ3n) is 3.05. The second kappa shape index (κ2) is 5.42. The van der Waals surface area contributed by atoms with Gasteiger partial charge >= 0.3 is 0 Å². The van der Waals surface area contributed by atoms with Crippen molar-refractivity contribution >= 4 is 43.8 Å². The Bertz CT molecular complexity index is 963. The van der Waals surface area contributed by atoms with Gasteiger partial charge in [-0.2, -0.15) is 9.61 Å². The molecule has 0 aliphatic heterocycles. The maximum Gasteiger partial charge on any atom is 0.235 e. The molecule has 0 aliphatic carbocycles. The fraction of sp³-hybridized carbons (Fsp3) is 0. The van der Waals surface area contributed by atoms with Crippen molar-refractivity contribution in [2.45, 2.75) is 0 Å². The number of halogens is 2. The Labute approximate surface area is 142 Å². The molecule has 4 rings (SSSR count). The first-order valence-electron chi connectivity index (χ1n) is 6.30. The summed E-state index contributed by atoms with van der Waals surface area (Å²) >= 11 is 10.8. The van der Waals surface area contributed by atoms with Gasteiger partial charge in [0.2, 0.25) is 4.96 Å². The molecule has 0 saturated heterocycles. The van der Waals surface area contributed by atoms with Crippen LogP contribution in [0.25, 0.3) is 26.9 Å². The highest BCUT2D eigenvalue weighted by Crippen LogP contribution is 2.29. The monoisotopic (exact) mass is 391 g/mol. The van der Waals surface area contributed by atoms with Gasteiger partial charge in [0.05, 0.1) is 0 Å². The van der Waals surface area contributed by atoms with E-state index in [1.165, 1.54) is 11.3 Å². The standard InChI is InChI=1S/C14H7BrClN5S/c15-10-5-9(6-17-7-10)12-18-19-14-21(12)20-13(22-14)8-1-3-11(16)4-2-8/h1-7H. The summed E-state index contributed by atoms with van der Waals surface area (Å²) < 4.78 is 2.62. The summed E-state index contributed by atoms with van der Waals surface area (Å²) in [5.41, 5.74) is 1.85. The summed E-state index contributed by atoms with van der Waals surface area (Å²) in [7, 11) is 0. The zero-order valence-electron chi connectivity index (χ0n) is 10.9. The van der Waals surface area contributed by atoms with Crippen LogP contribution >= 0.6 is 38.9 Å². The minimum absolute atomic E-state index is 0.667. The molecule has 22 heavy (non-hydrogen) atoms. The normalized spacial score (nSPS) is 11.2. The molecule has 4 aromatic rings. The predicted molar refractivity (Wildman–Crippen MR) is 90.0 cm³/mol. The molecule has 0 atom stereocenters. The van der Waals surface area contributed by atoms with Crippen LogP contribution in [0.3, 0.4) is 0 Å². The van der Waals surface area contributed by atoms with Crippen molar-refractivity contribution in [1.29, 1.82) is 0 Å². The summed E-state index contributed by atoms with van der Waals surface area (Å²) in [6.45, 7) is 0. The number of aromatic nitrogens is 5. The molecule has 0 N–H and O–H groups in total. The molecule has 8 heteroatoms. The van der Waals surface area contributed by atoms with E-state index < -0.39 is 0 Å². The minimum Gasteiger partial charge on any atom is -0.263 e. The molecule has 0 radical (unpaired) electrons. The molecular formula is C14H7BrClN5S. The second-order valence-corrected chi connectivity index (χ2v) is 6.83. The van der Waals surface area contributed by atoms with Crippen LogP contribution in [0.15, 0.2) is 47.2 Å². The first kappa shape index (κ1) is 13.8. The summed E-state index contributed by atoms with van der Waals surface area (Å²) in [5.74, 6) is 0.667. The molecule has 0 amide bonds. The molecule has 3 aromatic heterocycles.